The summed E-state index contributed by atoms with van der Waals surface area (Å²) in [5.74, 6) is 0. The van der Waals surface area contributed by atoms with Gasteiger partial charge in [0.15, 0.2) is 0 Å². The van der Waals surface area contributed by atoms with Crippen LogP contribution in [0.2, 0.25) is 0 Å². The van der Waals surface area contributed by atoms with E-state index in [4.69, 9.17) is 19.9 Å². The van der Waals surface area contributed by atoms with Gasteiger partial charge < -0.3 is 0 Å². The van der Waals surface area contributed by atoms with Gasteiger partial charge in [0.1, 0.15) is 5.69 Å². The first-order valence-corrected chi connectivity index (χ1v) is 13.9. The molecular weight excluding hydrogens is 514 g/mol. The van der Waals surface area contributed by atoms with Crippen LogP contribution in [0, 0.1) is 0 Å². The summed E-state index contributed by atoms with van der Waals surface area (Å²) in [7, 11) is 0. The fourth-order valence-corrected chi connectivity index (χ4v) is 5.41. The van der Waals surface area contributed by atoms with E-state index in [1.807, 2.05) is 60.7 Å². The first kappa shape index (κ1) is 24.0. The predicted octanol–water partition coefficient (Wildman–Crippen LogP) is 8.79. The average Bonchev–Trinajstić information content (AvgIpc) is 3.08. The molecule has 0 saturated carbocycles. The highest BCUT2D eigenvalue weighted by atomic mass is 14.9. The Morgan fingerprint density at radius 1 is 0.333 bits per heavy atom. The Bertz CT molecular complexity index is 2240. The maximum atomic E-state index is 5.08. The summed E-state index contributed by atoms with van der Waals surface area (Å²) >= 11 is 0. The molecule has 0 bridgehead atoms. The molecule has 0 N–H and O–H groups in total. The normalized spacial score (nSPS) is 11.3. The zero-order chi connectivity index (χ0) is 27.9. The lowest BCUT2D eigenvalue weighted by atomic mass is 10.0. The fraction of sp³-hybridized carbons (Fsp3) is 0. The van der Waals surface area contributed by atoms with Gasteiger partial charge in [-0.25, -0.2) is 19.9 Å². The van der Waals surface area contributed by atoms with E-state index in [0.717, 1.165) is 72.4 Å². The minimum Gasteiger partial charge on any atom is -0.254 e. The van der Waals surface area contributed by atoms with Crippen LogP contribution in [-0.4, -0.2) is 24.9 Å². The molecular formula is C37H23N5. The first-order valence-electron chi connectivity index (χ1n) is 13.9. The van der Waals surface area contributed by atoms with Crippen LogP contribution in [0.4, 0.5) is 0 Å². The highest BCUT2D eigenvalue weighted by Crippen LogP contribution is 2.33. The van der Waals surface area contributed by atoms with E-state index in [2.05, 4.69) is 77.8 Å². The molecule has 196 valence electrons. The zero-order valence-electron chi connectivity index (χ0n) is 22.5. The summed E-state index contributed by atoms with van der Waals surface area (Å²) in [6, 6.07) is 45.0. The molecule has 0 amide bonds. The summed E-state index contributed by atoms with van der Waals surface area (Å²) < 4.78 is 0. The molecule has 42 heavy (non-hydrogen) atoms. The Balaban J connectivity index is 1.27. The van der Waals surface area contributed by atoms with E-state index in [1.165, 1.54) is 5.56 Å². The Morgan fingerprint density at radius 2 is 0.952 bits per heavy atom. The fourth-order valence-electron chi connectivity index (χ4n) is 5.41. The topological polar surface area (TPSA) is 64.5 Å². The van der Waals surface area contributed by atoms with Crippen molar-refractivity contribution in [2.45, 2.75) is 0 Å². The molecule has 0 aliphatic heterocycles. The summed E-state index contributed by atoms with van der Waals surface area (Å²) in [4.78, 5) is 24.8. The number of hydrogen-bond donors (Lipinski definition) is 0. The van der Waals surface area contributed by atoms with Gasteiger partial charge in [0.25, 0.3) is 0 Å². The van der Waals surface area contributed by atoms with Gasteiger partial charge in [-0.15, -0.1) is 0 Å². The quantitative estimate of drug-likeness (QED) is 0.210. The second-order valence-electron chi connectivity index (χ2n) is 10.2. The number of nitrogens with zero attached hydrogens (tertiary/aromatic N) is 5. The summed E-state index contributed by atoms with van der Waals surface area (Å²) in [5, 5.41) is 2.11. The third-order valence-electron chi connectivity index (χ3n) is 7.52. The highest BCUT2D eigenvalue weighted by molar-refractivity contribution is 6.03. The lowest BCUT2D eigenvalue weighted by molar-refractivity contribution is 1.22. The summed E-state index contributed by atoms with van der Waals surface area (Å²) in [6.45, 7) is 0. The Hall–Kier alpha value is -5.81. The first-order chi connectivity index (χ1) is 20.8. The van der Waals surface area contributed by atoms with E-state index in [1.54, 1.807) is 6.20 Å². The zero-order valence-corrected chi connectivity index (χ0v) is 22.5. The third kappa shape index (κ3) is 4.25. The van der Waals surface area contributed by atoms with Crippen molar-refractivity contribution in [1.29, 1.82) is 0 Å². The van der Waals surface area contributed by atoms with Crippen molar-refractivity contribution >= 4 is 32.8 Å². The number of rotatable bonds is 4. The maximum absolute atomic E-state index is 5.08. The van der Waals surface area contributed by atoms with Crippen LogP contribution in [0.3, 0.4) is 0 Å². The van der Waals surface area contributed by atoms with E-state index < -0.39 is 0 Å². The molecule has 0 saturated heterocycles. The van der Waals surface area contributed by atoms with E-state index in [9.17, 15) is 0 Å². The molecule has 4 heterocycles. The Labute approximate surface area is 242 Å². The molecule has 8 aromatic rings. The molecule has 0 aliphatic carbocycles. The van der Waals surface area contributed by atoms with Crippen molar-refractivity contribution in [1.82, 2.24) is 24.9 Å². The lowest BCUT2D eigenvalue weighted by Gasteiger charge is -2.12. The third-order valence-corrected chi connectivity index (χ3v) is 7.52. The van der Waals surface area contributed by atoms with Crippen LogP contribution in [0.15, 0.2) is 140 Å². The average molecular weight is 538 g/mol. The molecule has 4 aromatic carbocycles. The van der Waals surface area contributed by atoms with Crippen LogP contribution >= 0.6 is 0 Å². The molecule has 5 heteroatoms. The number of para-hydroxylation sites is 2. The molecule has 4 aromatic heterocycles. The number of fused-ring (bicyclic) bond motifs is 4. The number of benzene rings is 4. The van der Waals surface area contributed by atoms with Gasteiger partial charge in [-0.2, -0.15) is 0 Å². The van der Waals surface area contributed by atoms with Crippen LogP contribution < -0.4 is 0 Å². The van der Waals surface area contributed by atoms with Crippen LogP contribution in [0.1, 0.15) is 0 Å². The van der Waals surface area contributed by atoms with Crippen molar-refractivity contribution < 1.29 is 0 Å². The molecule has 8 rings (SSSR count). The predicted molar refractivity (Wildman–Crippen MR) is 170 cm³/mol. The van der Waals surface area contributed by atoms with E-state index in [-0.39, 0.29) is 0 Å². The minimum atomic E-state index is 0.732. The van der Waals surface area contributed by atoms with Crippen molar-refractivity contribution in [3.8, 4) is 45.2 Å². The number of hydrogen-bond acceptors (Lipinski definition) is 5. The van der Waals surface area contributed by atoms with E-state index in [0.29, 0.717) is 0 Å². The minimum absolute atomic E-state index is 0.732. The molecule has 0 aliphatic rings. The molecule has 0 fully saturated rings. The van der Waals surface area contributed by atoms with Gasteiger partial charge in [0, 0.05) is 22.5 Å². The standard InChI is InChI=1S/C37H23N5/c1-2-8-24(9-3-1)25-15-17-27(18-16-25)36-37(42-31-12-5-4-11-30(31)40-36)33-14-6-13-29(39-33)32-22-21-28-20-19-26-10-7-23-38-34(26)35(28)41-32/h1-23H. The second-order valence-corrected chi connectivity index (χ2v) is 10.2. The monoisotopic (exact) mass is 537 g/mol. The SMILES string of the molecule is c1ccc(-c2ccc(-c3nc4ccccc4nc3-c3cccc(-c4ccc5ccc6cccnc6c5n4)n3)cc2)cc1. The number of aromatic nitrogens is 5. The molecule has 0 atom stereocenters. The lowest BCUT2D eigenvalue weighted by Crippen LogP contribution is -1.98. The van der Waals surface area contributed by atoms with Crippen molar-refractivity contribution in [3.63, 3.8) is 0 Å². The van der Waals surface area contributed by atoms with Crippen molar-refractivity contribution in [2.75, 3.05) is 0 Å². The largest absolute Gasteiger partial charge is 0.254 e. The van der Waals surface area contributed by atoms with Gasteiger partial charge in [-0.1, -0.05) is 97.1 Å². The van der Waals surface area contributed by atoms with Gasteiger partial charge >= 0.3 is 0 Å². The van der Waals surface area contributed by atoms with Gasteiger partial charge in [-0.05, 0) is 47.5 Å². The molecule has 5 nitrogen and oxygen atoms in total. The van der Waals surface area contributed by atoms with Crippen molar-refractivity contribution in [2.24, 2.45) is 0 Å². The van der Waals surface area contributed by atoms with Crippen molar-refractivity contribution in [3.05, 3.63) is 140 Å². The van der Waals surface area contributed by atoms with Gasteiger partial charge in [0.2, 0.25) is 0 Å². The van der Waals surface area contributed by atoms with E-state index >= 15 is 0 Å². The van der Waals surface area contributed by atoms with Crippen LogP contribution in [0.5, 0.6) is 0 Å². The highest BCUT2D eigenvalue weighted by Gasteiger charge is 2.16. The van der Waals surface area contributed by atoms with Gasteiger partial charge in [-0.3, -0.25) is 4.98 Å². The maximum Gasteiger partial charge on any atom is 0.116 e. The molecule has 0 spiro atoms. The molecule has 0 radical (unpaired) electrons. The summed E-state index contributed by atoms with van der Waals surface area (Å²) in [6.07, 6.45) is 1.81. The Morgan fingerprint density at radius 3 is 1.76 bits per heavy atom. The Kier molecular flexibility index (Phi) is 5.71. The molecule has 0 unspecified atom stereocenters. The second kappa shape index (κ2) is 9.98. The smallest absolute Gasteiger partial charge is 0.116 e. The van der Waals surface area contributed by atoms with Crippen LogP contribution in [-0.2, 0) is 0 Å². The van der Waals surface area contributed by atoms with Crippen LogP contribution in [0.25, 0.3) is 78.0 Å². The van der Waals surface area contributed by atoms with Gasteiger partial charge in [0.05, 0.1) is 44.8 Å². The summed E-state index contributed by atoms with van der Waals surface area (Å²) in [5.41, 5.74) is 10.5. The number of pyridine rings is 3.